The minimum atomic E-state index is -0.545. The van der Waals surface area contributed by atoms with Crippen LogP contribution >= 0.6 is 0 Å². The molecule has 2 aromatic carbocycles. The van der Waals surface area contributed by atoms with E-state index < -0.39 is 11.6 Å². The molecule has 0 radical (unpaired) electrons. The van der Waals surface area contributed by atoms with Crippen LogP contribution in [0, 0.1) is 6.92 Å². The lowest BCUT2D eigenvalue weighted by atomic mass is 9.95. The Bertz CT molecular complexity index is 1540. The largest absolute Gasteiger partial charge is 0.457 e. The van der Waals surface area contributed by atoms with E-state index in [4.69, 9.17) is 9.15 Å². The van der Waals surface area contributed by atoms with Gasteiger partial charge in [0.2, 0.25) is 0 Å². The molecule has 0 saturated carbocycles. The summed E-state index contributed by atoms with van der Waals surface area (Å²) < 4.78 is 12.6. The maximum absolute atomic E-state index is 12.8. The molecule has 1 aliphatic heterocycles. The molecule has 0 aliphatic carbocycles. The van der Waals surface area contributed by atoms with E-state index in [0.717, 1.165) is 35.2 Å². The summed E-state index contributed by atoms with van der Waals surface area (Å²) in [6, 6.07) is 10.0. The van der Waals surface area contributed by atoms with E-state index in [-0.39, 0.29) is 12.2 Å². The van der Waals surface area contributed by atoms with Crippen molar-refractivity contribution in [2.75, 3.05) is 0 Å². The van der Waals surface area contributed by atoms with Gasteiger partial charge in [0.05, 0.1) is 16.5 Å². The molecule has 7 heteroatoms. The number of aryl methyl sites for hydroxylation is 2. The van der Waals surface area contributed by atoms with Crippen LogP contribution < -0.4 is 11.2 Å². The van der Waals surface area contributed by atoms with Crippen LogP contribution in [0.25, 0.3) is 21.9 Å². The van der Waals surface area contributed by atoms with Crippen LogP contribution in [0.15, 0.2) is 50.4 Å². The Morgan fingerprint density at radius 3 is 2.76 bits per heavy atom. The van der Waals surface area contributed by atoms with Crippen molar-refractivity contribution in [2.24, 2.45) is 0 Å². The monoisotopic (exact) mass is 444 g/mol. The standard InChI is InChI=1S/C26H24N2O5/c1-14(2)19-12-20-17(11-24(29)33-22(20)9-15(19)3)13-32-26(31)16-6-7-18-21(10-16)27-23-5-4-8-28(23)25(18)30/h6-7,9-12,14H,4-5,8,13H2,1-3H3. The lowest BCUT2D eigenvalue weighted by Crippen LogP contribution is -2.21. The van der Waals surface area contributed by atoms with Crippen LogP contribution in [0.2, 0.25) is 0 Å². The first-order valence-electron chi connectivity index (χ1n) is 11.1. The number of carbonyl (C=O) groups is 1. The molecule has 2 aromatic heterocycles. The fourth-order valence-electron chi connectivity index (χ4n) is 4.57. The number of nitrogens with zero attached hydrogens (tertiary/aromatic N) is 2. The normalized spacial score (nSPS) is 13.1. The Hall–Kier alpha value is -3.74. The molecule has 0 atom stereocenters. The molecule has 3 heterocycles. The Morgan fingerprint density at radius 2 is 1.97 bits per heavy atom. The topological polar surface area (TPSA) is 91.4 Å². The highest BCUT2D eigenvalue weighted by molar-refractivity contribution is 5.94. The van der Waals surface area contributed by atoms with Crippen molar-refractivity contribution in [3.05, 3.63) is 85.3 Å². The molecule has 0 bridgehead atoms. The molecular formula is C26H24N2O5. The van der Waals surface area contributed by atoms with E-state index in [1.165, 1.54) is 6.07 Å². The van der Waals surface area contributed by atoms with Crippen molar-refractivity contribution < 1.29 is 13.9 Å². The highest BCUT2D eigenvalue weighted by Gasteiger charge is 2.18. The zero-order valence-electron chi connectivity index (χ0n) is 18.8. The fraction of sp³-hybridized carbons (Fsp3) is 0.308. The molecule has 0 spiro atoms. The molecule has 0 amide bonds. The number of hydrogen-bond donors (Lipinski definition) is 0. The minimum Gasteiger partial charge on any atom is -0.457 e. The summed E-state index contributed by atoms with van der Waals surface area (Å²) in [5.41, 5.74) is 3.48. The second-order valence-electron chi connectivity index (χ2n) is 8.85. The minimum absolute atomic E-state index is 0.0696. The van der Waals surface area contributed by atoms with Crippen molar-refractivity contribution in [3.8, 4) is 0 Å². The molecule has 7 nitrogen and oxygen atoms in total. The van der Waals surface area contributed by atoms with Gasteiger partial charge in [-0.2, -0.15) is 0 Å². The number of rotatable bonds is 4. The van der Waals surface area contributed by atoms with Crippen molar-refractivity contribution in [1.29, 1.82) is 0 Å². The van der Waals surface area contributed by atoms with Gasteiger partial charge in [-0.15, -0.1) is 0 Å². The van der Waals surface area contributed by atoms with Crippen LogP contribution in [-0.4, -0.2) is 15.5 Å². The smallest absolute Gasteiger partial charge is 0.338 e. The first kappa shape index (κ1) is 21.1. The number of fused-ring (bicyclic) bond motifs is 3. The van der Waals surface area contributed by atoms with E-state index in [1.54, 1.807) is 22.8 Å². The summed E-state index contributed by atoms with van der Waals surface area (Å²) >= 11 is 0. The van der Waals surface area contributed by atoms with Crippen LogP contribution in [0.5, 0.6) is 0 Å². The molecule has 33 heavy (non-hydrogen) atoms. The molecule has 0 saturated heterocycles. The lowest BCUT2D eigenvalue weighted by molar-refractivity contribution is 0.0474. The number of benzene rings is 2. The number of hydrogen-bond acceptors (Lipinski definition) is 6. The average Bonchev–Trinajstić information content (AvgIpc) is 3.25. The molecular weight excluding hydrogens is 420 g/mol. The Kier molecular flexibility index (Phi) is 5.12. The summed E-state index contributed by atoms with van der Waals surface area (Å²) in [4.78, 5) is 42.1. The Morgan fingerprint density at radius 1 is 1.15 bits per heavy atom. The first-order chi connectivity index (χ1) is 15.8. The summed E-state index contributed by atoms with van der Waals surface area (Å²) in [7, 11) is 0. The number of aromatic nitrogens is 2. The van der Waals surface area contributed by atoms with E-state index in [1.807, 2.05) is 19.1 Å². The van der Waals surface area contributed by atoms with Gasteiger partial charge in [-0.1, -0.05) is 13.8 Å². The molecule has 0 N–H and O–H groups in total. The zero-order chi connectivity index (χ0) is 23.3. The number of carbonyl (C=O) groups excluding carboxylic acids is 1. The zero-order valence-corrected chi connectivity index (χ0v) is 18.8. The average molecular weight is 444 g/mol. The third-order valence-corrected chi connectivity index (χ3v) is 6.25. The third kappa shape index (κ3) is 3.73. The van der Waals surface area contributed by atoms with Crippen LogP contribution in [0.4, 0.5) is 0 Å². The van der Waals surface area contributed by atoms with Gasteiger partial charge in [0.15, 0.2) is 0 Å². The van der Waals surface area contributed by atoms with Gasteiger partial charge < -0.3 is 9.15 Å². The molecule has 0 unspecified atom stereocenters. The predicted molar refractivity (Wildman–Crippen MR) is 125 cm³/mol. The Balaban J connectivity index is 1.46. The quantitative estimate of drug-likeness (QED) is 0.345. The predicted octanol–water partition coefficient (Wildman–Crippen LogP) is 4.24. The van der Waals surface area contributed by atoms with Gasteiger partial charge in [0.1, 0.15) is 18.0 Å². The summed E-state index contributed by atoms with van der Waals surface area (Å²) in [5.74, 6) is 0.501. The fourth-order valence-corrected chi connectivity index (χ4v) is 4.57. The molecule has 1 aliphatic rings. The van der Waals surface area contributed by atoms with E-state index >= 15 is 0 Å². The maximum Gasteiger partial charge on any atom is 0.338 e. The molecule has 5 rings (SSSR count). The van der Waals surface area contributed by atoms with E-state index in [2.05, 4.69) is 18.8 Å². The van der Waals surface area contributed by atoms with Crippen LogP contribution in [-0.2, 0) is 24.3 Å². The highest BCUT2D eigenvalue weighted by Crippen LogP contribution is 2.27. The molecule has 168 valence electrons. The second kappa shape index (κ2) is 7.99. The summed E-state index contributed by atoms with van der Waals surface area (Å²) in [6.07, 6.45) is 1.64. The highest BCUT2D eigenvalue weighted by atomic mass is 16.5. The summed E-state index contributed by atoms with van der Waals surface area (Å²) in [5, 5.41) is 1.24. The third-order valence-electron chi connectivity index (χ3n) is 6.25. The van der Waals surface area contributed by atoms with Gasteiger partial charge in [-0.05, 0) is 60.7 Å². The van der Waals surface area contributed by atoms with Gasteiger partial charge in [-0.25, -0.2) is 14.6 Å². The van der Waals surface area contributed by atoms with Crippen molar-refractivity contribution in [3.63, 3.8) is 0 Å². The van der Waals surface area contributed by atoms with Crippen molar-refractivity contribution in [2.45, 2.75) is 52.7 Å². The second-order valence-corrected chi connectivity index (χ2v) is 8.85. The van der Waals surface area contributed by atoms with E-state index in [0.29, 0.717) is 40.1 Å². The van der Waals surface area contributed by atoms with Gasteiger partial charge in [0, 0.05) is 30.0 Å². The maximum atomic E-state index is 12.8. The molecule has 0 fully saturated rings. The first-order valence-corrected chi connectivity index (χ1v) is 11.1. The number of ether oxygens (including phenoxy) is 1. The molecule has 4 aromatic rings. The Labute approximate surface area is 189 Å². The van der Waals surface area contributed by atoms with Crippen molar-refractivity contribution >= 4 is 27.8 Å². The van der Waals surface area contributed by atoms with Gasteiger partial charge in [0.25, 0.3) is 5.56 Å². The van der Waals surface area contributed by atoms with Gasteiger partial charge in [-0.3, -0.25) is 9.36 Å². The van der Waals surface area contributed by atoms with Crippen LogP contribution in [0.3, 0.4) is 0 Å². The van der Waals surface area contributed by atoms with Gasteiger partial charge >= 0.3 is 11.6 Å². The van der Waals surface area contributed by atoms with E-state index in [9.17, 15) is 14.4 Å². The van der Waals surface area contributed by atoms with Crippen molar-refractivity contribution in [1.82, 2.24) is 9.55 Å². The number of esters is 1. The lowest BCUT2D eigenvalue weighted by Gasteiger charge is -2.13. The van der Waals surface area contributed by atoms with Crippen LogP contribution in [0.1, 0.15) is 59.1 Å². The SMILES string of the molecule is Cc1cc2oc(=O)cc(COC(=O)c3ccc4c(=O)n5c(nc4c3)CCC5)c2cc1C(C)C. The summed E-state index contributed by atoms with van der Waals surface area (Å²) in [6.45, 7) is 6.79.